The molecule has 2 aromatic carbocycles. The maximum absolute atomic E-state index is 12.2. The molecule has 0 aliphatic rings. The molecular formula is C19H18N2O5. The number of nitrogens with one attached hydrogen (secondary N) is 1. The van der Waals surface area contributed by atoms with Crippen molar-refractivity contribution in [2.45, 2.75) is 6.54 Å². The maximum atomic E-state index is 12.2. The normalized spacial score (nSPS) is 10.4. The summed E-state index contributed by atoms with van der Waals surface area (Å²) in [5, 5.41) is 2.72. The summed E-state index contributed by atoms with van der Waals surface area (Å²) in [6.07, 6.45) is 1.51. The summed E-state index contributed by atoms with van der Waals surface area (Å²) in [6, 6.07) is 14.1. The predicted octanol–water partition coefficient (Wildman–Crippen LogP) is 2.76. The van der Waals surface area contributed by atoms with Gasteiger partial charge in [-0.05, 0) is 36.4 Å². The minimum Gasteiger partial charge on any atom is -0.497 e. The fourth-order valence-electron chi connectivity index (χ4n) is 2.46. The van der Waals surface area contributed by atoms with Gasteiger partial charge in [0, 0.05) is 5.56 Å². The first-order valence-corrected chi connectivity index (χ1v) is 7.88. The Morgan fingerprint density at radius 1 is 1.08 bits per heavy atom. The number of para-hydroxylation sites is 2. The Kier molecular flexibility index (Phi) is 5.07. The number of methoxy groups -OCH3 is 2. The predicted molar refractivity (Wildman–Crippen MR) is 96.6 cm³/mol. The van der Waals surface area contributed by atoms with Gasteiger partial charge in [-0.2, -0.15) is 0 Å². The monoisotopic (exact) mass is 354 g/mol. The van der Waals surface area contributed by atoms with Crippen molar-refractivity contribution < 1.29 is 18.7 Å². The molecular weight excluding hydrogens is 336 g/mol. The van der Waals surface area contributed by atoms with Gasteiger partial charge in [-0.15, -0.1) is 0 Å². The van der Waals surface area contributed by atoms with Crippen molar-refractivity contribution in [3.8, 4) is 22.8 Å². The lowest BCUT2D eigenvalue weighted by Crippen LogP contribution is -2.24. The lowest BCUT2D eigenvalue weighted by atomic mass is 10.2. The van der Waals surface area contributed by atoms with Gasteiger partial charge in [0.25, 0.3) is 0 Å². The summed E-state index contributed by atoms with van der Waals surface area (Å²) in [5.74, 6) is 0.651. The van der Waals surface area contributed by atoms with E-state index in [9.17, 15) is 9.59 Å². The summed E-state index contributed by atoms with van der Waals surface area (Å²) in [5.41, 5.74) is 1.25. The molecule has 7 nitrogen and oxygen atoms in total. The second-order valence-electron chi connectivity index (χ2n) is 5.47. The SMILES string of the molecule is COc1ccc(-c2cn(CC(=O)Nc3ccccc3OC)c(=O)o2)cc1. The van der Waals surface area contributed by atoms with E-state index < -0.39 is 5.76 Å². The molecule has 134 valence electrons. The molecule has 3 rings (SSSR count). The second-order valence-corrected chi connectivity index (χ2v) is 5.47. The molecule has 0 saturated heterocycles. The highest BCUT2D eigenvalue weighted by atomic mass is 16.5. The number of carbonyl (C=O) groups is 1. The van der Waals surface area contributed by atoms with E-state index in [0.29, 0.717) is 28.5 Å². The van der Waals surface area contributed by atoms with Crippen LogP contribution in [-0.4, -0.2) is 24.7 Å². The summed E-state index contributed by atoms with van der Waals surface area (Å²) >= 11 is 0. The summed E-state index contributed by atoms with van der Waals surface area (Å²) in [6.45, 7) is -0.170. The van der Waals surface area contributed by atoms with E-state index in [-0.39, 0.29) is 12.5 Å². The molecule has 1 aromatic heterocycles. The van der Waals surface area contributed by atoms with E-state index >= 15 is 0 Å². The number of aromatic nitrogens is 1. The number of ether oxygens (including phenoxy) is 2. The van der Waals surface area contributed by atoms with Crippen molar-refractivity contribution in [2.75, 3.05) is 19.5 Å². The Hall–Kier alpha value is -3.48. The number of nitrogens with zero attached hydrogens (tertiary/aromatic N) is 1. The van der Waals surface area contributed by atoms with Crippen molar-refractivity contribution >= 4 is 11.6 Å². The van der Waals surface area contributed by atoms with E-state index in [0.717, 1.165) is 0 Å². The van der Waals surface area contributed by atoms with Crippen LogP contribution in [0.5, 0.6) is 11.5 Å². The summed E-state index contributed by atoms with van der Waals surface area (Å²) < 4.78 is 16.7. The van der Waals surface area contributed by atoms with Gasteiger partial charge in [0.2, 0.25) is 5.91 Å². The van der Waals surface area contributed by atoms with E-state index in [1.807, 2.05) is 0 Å². The lowest BCUT2D eigenvalue weighted by molar-refractivity contribution is -0.116. The molecule has 0 saturated carbocycles. The minimum absolute atomic E-state index is 0.170. The molecule has 0 aliphatic heterocycles. The van der Waals surface area contributed by atoms with Crippen LogP contribution in [0.4, 0.5) is 5.69 Å². The summed E-state index contributed by atoms with van der Waals surface area (Å²) in [7, 11) is 3.10. The number of amides is 1. The number of rotatable bonds is 6. The third-order valence-electron chi connectivity index (χ3n) is 3.77. The number of hydrogen-bond donors (Lipinski definition) is 1. The molecule has 1 heterocycles. The molecule has 26 heavy (non-hydrogen) atoms. The smallest absolute Gasteiger partial charge is 0.419 e. The fraction of sp³-hybridized carbons (Fsp3) is 0.158. The molecule has 0 atom stereocenters. The number of hydrogen-bond acceptors (Lipinski definition) is 5. The van der Waals surface area contributed by atoms with Gasteiger partial charge in [-0.1, -0.05) is 12.1 Å². The zero-order chi connectivity index (χ0) is 18.5. The highest BCUT2D eigenvalue weighted by Gasteiger charge is 2.13. The van der Waals surface area contributed by atoms with E-state index in [2.05, 4.69) is 5.32 Å². The highest BCUT2D eigenvalue weighted by Crippen LogP contribution is 2.23. The Labute approximate surface area is 149 Å². The van der Waals surface area contributed by atoms with Gasteiger partial charge in [0.1, 0.15) is 18.0 Å². The van der Waals surface area contributed by atoms with Crippen molar-refractivity contribution in [2.24, 2.45) is 0 Å². The largest absolute Gasteiger partial charge is 0.497 e. The van der Waals surface area contributed by atoms with Gasteiger partial charge in [-0.3, -0.25) is 9.36 Å². The van der Waals surface area contributed by atoms with Crippen LogP contribution >= 0.6 is 0 Å². The van der Waals surface area contributed by atoms with Crippen LogP contribution in [0.1, 0.15) is 0 Å². The third-order valence-corrected chi connectivity index (χ3v) is 3.77. The Morgan fingerprint density at radius 3 is 2.50 bits per heavy atom. The van der Waals surface area contributed by atoms with Crippen LogP contribution in [0.2, 0.25) is 0 Å². The van der Waals surface area contributed by atoms with Crippen molar-refractivity contribution in [3.63, 3.8) is 0 Å². The number of carbonyl (C=O) groups excluding carboxylic acids is 1. The molecule has 1 N–H and O–H groups in total. The zero-order valence-corrected chi connectivity index (χ0v) is 14.4. The standard InChI is InChI=1S/C19H18N2O5/c1-24-14-9-7-13(8-10-14)17-11-21(19(23)26-17)12-18(22)20-15-5-3-4-6-16(15)25-2/h3-11H,12H2,1-2H3,(H,20,22). The molecule has 7 heteroatoms. The van der Waals surface area contributed by atoms with Gasteiger partial charge in [-0.25, -0.2) is 4.79 Å². The van der Waals surface area contributed by atoms with Crippen molar-refractivity contribution in [3.05, 3.63) is 65.3 Å². The van der Waals surface area contributed by atoms with E-state index in [4.69, 9.17) is 13.9 Å². The third kappa shape index (κ3) is 3.77. The van der Waals surface area contributed by atoms with Gasteiger partial charge in [0.05, 0.1) is 26.1 Å². The summed E-state index contributed by atoms with van der Waals surface area (Å²) in [4.78, 5) is 24.3. The average molecular weight is 354 g/mol. The molecule has 0 unspecified atom stereocenters. The molecule has 1 amide bonds. The first-order chi connectivity index (χ1) is 12.6. The van der Waals surface area contributed by atoms with Gasteiger partial charge >= 0.3 is 5.76 Å². The number of oxazole rings is 1. The molecule has 0 radical (unpaired) electrons. The molecule has 0 aliphatic carbocycles. The maximum Gasteiger partial charge on any atom is 0.419 e. The van der Waals surface area contributed by atoms with Crippen LogP contribution in [0, 0.1) is 0 Å². The Morgan fingerprint density at radius 2 is 1.81 bits per heavy atom. The molecule has 0 spiro atoms. The average Bonchev–Trinajstić information content (AvgIpc) is 3.02. The lowest BCUT2D eigenvalue weighted by Gasteiger charge is -2.09. The van der Waals surface area contributed by atoms with Crippen LogP contribution in [0.25, 0.3) is 11.3 Å². The first kappa shape index (κ1) is 17.3. The molecule has 0 bridgehead atoms. The topological polar surface area (TPSA) is 82.7 Å². The van der Waals surface area contributed by atoms with Crippen LogP contribution < -0.4 is 20.5 Å². The highest BCUT2D eigenvalue weighted by molar-refractivity contribution is 5.92. The van der Waals surface area contributed by atoms with Crippen LogP contribution in [0.15, 0.2) is 63.9 Å². The fourth-order valence-corrected chi connectivity index (χ4v) is 2.46. The van der Waals surface area contributed by atoms with E-state index in [1.54, 1.807) is 55.6 Å². The van der Waals surface area contributed by atoms with E-state index in [1.165, 1.54) is 17.9 Å². The zero-order valence-electron chi connectivity index (χ0n) is 14.4. The molecule has 0 fully saturated rings. The minimum atomic E-state index is -0.606. The Bertz CT molecular complexity index is 957. The van der Waals surface area contributed by atoms with Gasteiger partial charge in [0.15, 0.2) is 5.76 Å². The van der Waals surface area contributed by atoms with Crippen LogP contribution in [-0.2, 0) is 11.3 Å². The van der Waals surface area contributed by atoms with Crippen molar-refractivity contribution in [1.29, 1.82) is 0 Å². The van der Waals surface area contributed by atoms with Crippen molar-refractivity contribution in [1.82, 2.24) is 4.57 Å². The Balaban J connectivity index is 1.74. The number of benzene rings is 2. The quantitative estimate of drug-likeness (QED) is 0.736. The van der Waals surface area contributed by atoms with Gasteiger partial charge < -0.3 is 19.2 Å². The number of anilines is 1. The van der Waals surface area contributed by atoms with Crippen LogP contribution in [0.3, 0.4) is 0 Å². The second kappa shape index (κ2) is 7.60. The molecule has 3 aromatic rings. The first-order valence-electron chi connectivity index (χ1n) is 7.88.